The van der Waals surface area contributed by atoms with E-state index in [1.165, 1.54) is 12.8 Å². The van der Waals surface area contributed by atoms with Crippen molar-refractivity contribution in [2.45, 2.75) is 76.1 Å². The molecule has 0 bridgehead atoms. The van der Waals surface area contributed by atoms with Crippen LogP contribution < -0.4 is 15.4 Å². The fourth-order valence-corrected chi connectivity index (χ4v) is 4.86. The van der Waals surface area contributed by atoms with Gasteiger partial charge in [0.25, 0.3) is 5.89 Å². The molecule has 2 aromatic heterocycles. The molecular formula is C21H29FN6O2. The van der Waals surface area contributed by atoms with Crippen molar-refractivity contribution in [2.24, 2.45) is 5.92 Å². The lowest BCUT2D eigenvalue weighted by Gasteiger charge is -2.38. The van der Waals surface area contributed by atoms with Gasteiger partial charge in [-0.2, -0.15) is 9.97 Å². The van der Waals surface area contributed by atoms with Crippen LogP contribution in [0.25, 0.3) is 11.7 Å². The van der Waals surface area contributed by atoms with E-state index < -0.39 is 5.67 Å². The van der Waals surface area contributed by atoms with Gasteiger partial charge in [-0.25, -0.2) is 9.37 Å². The predicted octanol–water partition coefficient (Wildman–Crippen LogP) is 3.44. The highest BCUT2D eigenvalue weighted by Gasteiger charge is 2.43. The smallest absolute Gasteiger partial charge is 0.295 e. The van der Waals surface area contributed by atoms with Crippen LogP contribution in [0.15, 0.2) is 10.6 Å². The van der Waals surface area contributed by atoms with Gasteiger partial charge >= 0.3 is 0 Å². The van der Waals surface area contributed by atoms with Crippen LogP contribution in [0.5, 0.6) is 5.88 Å². The van der Waals surface area contributed by atoms with Crippen LogP contribution in [0.1, 0.15) is 57.2 Å². The monoisotopic (exact) mass is 416 g/mol. The molecule has 30 heavy (non-hydrogen) atoms. The molecule has 2 aliphatic carbocycles. The summed E-state index contributed by atoms with van der Waals surface area (Å²) >= 11 is 0. The first-order chi connectivity index (χ1) is 14.6. The number of ether oxygens (including phenoxy) is 1. The van der Waals surface area contributed by atoms with Crippen LogP contribution in [0.4, 0.5) is 10.2 Å². The van der Waals surface area contributed by atoms with Gasteiger partial charge < -0.3 is 19.9 Å². The Bertz CT molecular complexity index is 872. The molecule has 0 atom stereocenters. The lowest BCUT2D eigenvalue weighted by molar-refractivity contribution is 0.0378. The topological polar surface area (TPSA) is 98.0 Å². The van der Waals surface area contributed by atoms with Crippen molar-refractivity contribution in [1.82, 2.24) is 25.4 Å². The lowest BCUT2D eigenvalue weighted by Crippen LogP contribution is -2.50. The maximum Gasteiger partial charge on any atom is 0.295 e. The summed E-state index contributed by atoms with van der Waals surface area (Å²) in [4.78, 5) is 13.3. The van der Waals surface area contributed by atoms with Gasteiger partial charge in [0.2, 0.25) is 11.7 Å². The predicted molar refractivity (Wildman–Crippen MR) is 109 cm³/mol. The quantitative estimate of drug-likeness (QED) is 0.739. The van der Waals surface area contributed by atoms with Crippen LogP contribution in [0.3, 0.4) is 0 Å². The minimum atomic E-state index is -0.988. The van der Waals surface area contributed by atoms with E-state index >= 15 is 4.39 Å². The summed E-state index contributed by atoms with van der Waals surface area (Å²) in [5, 5.41) is 10.5. The zero-order valence-electron chi connectivity index (χ0n) is 17.4. The minimum Gasteiger partial charge on any atom is -0.471 e. The van der Waals surface area contributed by atoms with E-state index in [-0.39, 0.29) is 24.0 Å². The average molecular weight is 417 g/mol. The molecule has 3 aliphatic rings. The van der Waals surface area contributed by atoms with E-state index in [4.69, 9.17) is 9.26 Å². The molecule has 5 rings (SSSR count). The fourth-order valence-electron chi connectivity index (χ4n) is 4.86. The Balaban J connectivity index is 1.30. The third-order valence-corrected chi connectivity index (χ3v) is 6.71. The zero-order valence-corrected chi connectivity index (χ0v) is 17.4. The van der Waals surface area contributed by atoms with Crippen molar-refractivity contribution in [3.63, 3.8) is 0 Å². The highest BCUT2D eigenvalue weighted by molar-refractivity contribution is 5.49. The van der Waals surface area contributed by atoms with E-state index in [1.54, 1.807) is 13.0 Å². The van der Waals surface area contributed by atoms with Crippen LogP contribution in [0.2, 0.25) is 0 Å². The van der Waals surface area contributed by atoms with Gasteiger partial charge in [0.05, 0.1) is 0 Å². The third-order valence-electron chi connectivity index (χ3n) is 6.71. The standard InChI is InChI=1S/C21H29FN6O2/c1-13-24-20(30-28-13)19-26-17(10-18(27-19)29-16-11-23-12-16)25-15-6-8-21(22,9-7-15)14-4-2-3-5-14/h10,14-16,23H,2-9,11-12H2,1H3,(H,25,26,27). The number of nitrogens with one attached hydrogen (secondary N) is 2. The molecule has 2 aromatic rings. The molecule has 2 saturated carbocycles. The summed E-state index contributed by atoms with van der Waals surface area (Å²) in [7, 11) is 0. The molecule has 1 saturated heterocycles. The summed E-state index contributed by atoms with van der Waals surface area (Å²) in [5.41, 5.74) is -0.988. The van der Waals surface area contributed by atoms with Gasteiger partial charge in [-0.05, 0) is 51.4 Å². The number of hydrogen-bond donors (Lipinski definition) is 2. The third kappa shape index (κ3) is 4.12. The number of rotatable bonds is 6. The Labute approximate surface area is 175 Å². The lowest BCUT2D eigenvalue weighted by atomic mass is 9.75. The van der Waals surface area contributed by atoms with E-state index in [2.05, 4.69) is 30.7 Å². The summed E-state index contributed by atoms with van der Waals surface area (Å²) in [6, 6.07) is 1.99. The molecule has 1 aliphatic heterocycles. The Morgan fingerprint density at radius 2 is 1.90 bits per heavy atom. The molecule has 0 amide bonds. The normalized spacial score (nSPS) is 27.7. The molecule has 0 aromatic carbocycles. The summed E-state index contributed by atoms with van der Waals surface area (Å²) < 4.78 is 26.6. The number of nitrogens with zero attached hydrogens (tertiary/aromatic N) is 4. The number of anilines is 1. The van der Waals surface area contributed by atoms with E-state index in [0.29, 0.717) is 36.2 Å². The number of halogens is 1. The van der Waals surface area contributed by atoms with Crippen LogP contribution in [-0.4, -0.2) is 51.0 Å². The number of hydrogen-bond acceptors (Lipinski definition) is 8. The fraction of sp³-hybridized carbons (Fsp3) is 0.714. The molecule has 0 radical (unpaired) electrons. The van der Waals surface area contributed by atoms with Crippen molar-refractivity contribution in [3.8, 4) is 17.6 Å². The summed E-state index contributed by atoms with van der Waals surface area (Å²) in [5.74, 6) is 2.50. The van der Waals surface area contributed by atoms with Crippen LogP contribution in [-0.2, 0) is 0 Å². The van der Waals surface area contributed by atoms with Gasteiger partial charge in [0.15, 0.2) is 5.82 Å². The second-order valence-corrected chi connectivity index (χ2v) is 8.89. The zero-order chi connectivity index (χ0) is 20.6. The van der Waals surface area contributed by atoms with Gasteiger partial charge in [-0.15, -0.1) is 0 Å². The molecule has 0 spiro atoms. The first kappa shape index (κ1) is 19.7. The molecule has 162 valence electrons. The van der Waals surface area contributed by atoms with Gasteiger partial charge in [0.1, 0.15) is 17.6 Å². The second-order valence-electron chi connectivity index (χ2n) is 8.89. The van der Waals surface area contributed by atoms with Crippen molar-refractivity contribution in [1.29, 1.82) is 0 Å². The molecule has 9 heteroatoms. The SMILES string of the molecule is Cc1noc(-c2nc(NC3CCC(F)(C4CCCC4)CC3)cc(OC3CNC3)n2)n1. The Hall–Kier alpha value is -2.29. The molecule has 8 nitrogen and oxygen atoms in total. The van der Waals surface area contributed by atoms with Crippen LogP contribution >= 0.6 is 0 Å². The van der Waals surface area contributed by atoms with Crippen molar-refractivity contribution >= 4 is 5.82 Å². The second kappa shape index (κ2) is 8.09. The van der Waals surface area contributed by atoms with Crippen molar-refractivity contribution < 1.29 is 13.7 Å². The first-order valence-corrected chi connectivity index (χ1v) is 11.1. The van der Waals surface area contributed by atoms with Gasteiger partial charge in [0, 0.05) is 25.2 Å². The average Bonchev–Trinajstić information content (AvgIpc) is 3.39. The van der Waals surface area contributed by atoms with E-state index in [1.807, 2.05) is 0 Å². The Morgan fingerprint density at radius 1 is 1.13 bits per heavy atom. The molecule has 2 N–H and O–H groups in total. The minimum absolute atomic E-state index is 0.0956. The molecule has 0 unspecified atom stereocenters. The van der Waals surface area contributed by atoms with Gasteiger partial charge in [-0.3, -0.25) is 0 Å². The highest BCUT2D eigenvalue weighted by Crippen LogP contribution is 2.45. The van der Waals surface area contributed by atoms with Gasteiger partial charge in [-0.1, -0.05) is 18.0 Å². The largest absolute Gasteiger partial charge is 0.471 e. The molecule has 3 fully saturated rings. The summed E-state index contributed by atoms with van der Waals surface area (Å²) in [6.45, 7) is 3.34. The van der Waals surface area contributed by atoms with E-state index in [9.17, 15) is 0 Å². The summed E-state index contributed by atoms with van der Waals surface area (Å²) in [6.07, 6.45) is 7.38. The Morgan fingerprint density at radius 3 is 2.53 bits per heavy atom. The maximum absolute atomic E-state index is 15.4. The highest BCUT2D eigenvalue weighted by atomic mass is 19.1. The first-order valence-electron chi connectivity index (χ1n) is 11.1. The number of aromatic nitrogens is 4. The van der Waals surface area contributed by atoms with Crippen molar-refractivity contribution in [2.75, 3.05) is 18.4 Å². The number of alkyl halides is 1. The molecular weight excluding hydrogens is 387 g/mol. The Kier molecular flexibility index (Phi) is 5.30. The van der Waals surface area contributed by atoms with Crippen molar-refractivity contribution in [3.05, 3.63) is 11.9 Å². The number of aryl methyl sites for hydroxylation is 1. The van der Waals surface area contributed by atoms with E-state index in [0.717, 1.165) is 38.8 Å². The molecule has 3 heterocycles. The van der Waals surface area contributed by atoms with Crippen LogP contribution in [0, 0.1) is 12.8 Å². The maximum atomic E-state index is 15.4.